The molecule has 0 atom stereocenters. The molecule has 10 aromatic rings. The zero-order valence-electron chi connectivity index (χ0n) is 23.1. The Labute approximate surface area is 247 Å². The number of nitrogens with zero attached hydrogens (tertiary/aromatic N) is 3. The van der Waals surface area contributed by atoms with E-state index < -0.39 is 0 Å². The van der Waals surface area contributed by atoms with E-state index in [9.17, 15) is 0 Å². The van der Waals surface area contributed by atoms with Crippen molar-refractivity contribution < 1.29 is 0 Å². The second kappa shape index (κ2) is 8.37. The molecule has 0 saturated carbocycles. The van der Waals surface area contributed by atoms with Gasteiger partial charge in [-0.25, -0.2) is 9.97 Å². The van der Waals surface area contributed by atoms with Gasteiger partial charge in [-0.1, -0.05) is 109 Å². The Kier molecular flexibility index (Phi) is 4.45. The minimum absolute atomic E-state index is 0.846. The molecule has 0 bridgehead atoms. The SMILES string of the molecule is c1ccc(-c2cccc(-c3nc4ccccc4nc3-n3c4cccc5c6cccc7ccc8ccc3c(c8c76)c54)c2)cc1. The molecule has 10 rings (SSSR count). The Morgan fingerprint density at radius 2 is 1.02 bits per heavy atom. The summed E-state index contributed by atoms with van der Waals surface area (Å²) < 4.78 is 2.35. The molecular weight excluding hydrogens is 522 g/mol. The smallest absolute Gasteiger partial charge is 0.165 e. The van der Waals surface area contributed by atoms with Crippen molar-refractivity contribution in [2.45, 2.75) is 0 Å². The summed E-state index contributed by atoms with van der Waals surface area (Å²) in [5.74, 6) is 0.846. The van der Waals surface area contributed by atoms with Crippen molar-refractivity contribution >= 4 is 65.2 Å². The lowest BCUT2D eigenvalue weighted by atomic mass is 9.89. The lowest BCUT2D eigenvalue weighted by Gasteiger charge is -2.14. The second-order valence-electron chi connectivity index (χ2n) is 11.4. The highest BCUT2D eigenvalue weighted by molar-refractivity contribution is 6.40. The fraction of sp³-hybridized carbons (Fsp3) is 0. The molecule has 3 heteroatoms. The largest absolute Gasteiger partial charge is 0.292 e. The molecule has 8 aromatic carbocycles. The van der Waals surface area contributed by atoms with Crippen LogP contribution in [0.1, 0.15) is 0 Å². The van der Waals surface area contributed by atoms with Gasteiger partial charge in [0.15, 0.2) is 5.82 Å². The first-order chi connectivity index (χ1) is 21.3. The van der Waals surface area contributed by atoms with Crippen LogP contribution in [0.4, 0.5) is 0 Å². The number of benzene rings is 8. The van der Waals surface area contributed by atoms with Crippen LogP contribution in [-0.2, 0) is 0 Å². The van der Waals surface area contributed by atoms with Crippen LogP contribution in [0.2, 0.25) is 0 Å². The average Bonchev–Trinajstić information content (AvgIpc) is 3.42. The van der Waals surface area contributed by atoms with Crippen LogP contribution in [0.15, 0.2) is 140 Å². The highest BCUT2D eigenvalue weighted by atomic mass is 15.1. The maximum atomic E-state index is 5.37. The first-order valence-electron chi connectivity index (χ1n) is 14.7. The summed E-state index contributed by atoms with van der Waals surface area (Å²) in [5.41, 5.74) is 8.33. The van der Waals surface area contributed by atoms with Crippen LogP contribution < -0.4 is 0 Å². The van der Waals surface area contributed by atoms with Gasteiger partial charge in [0, 0.05) is 21.7 Å². The van der Waals surface area contributed by atoms with E-state index in [1.165, 1.54) is 48.7 Å². The Balaban J connectivity index is 1.37. The van der Waals surface area contributed by atoms with Crippen molar-refractivity contribution in [1.82, 2.24) is 14.5 Å². The molecule has 0 aliphatic rings. The molecule has 0 radical (unpaired) electrons. The van der Waals surface area contributed by atoms with Gasteiger partial charge >= 0.3 is 0 Å². The minimum atomic E-state index is 0.846. The molecule has 0 amide bonds. The Bertz CT molecular complexity index is 2670. The van der Waals surface area contributed by atoms with E-state index in [0.29, 0.717) is 0 Å². The van der Waals surface area contributed by atoms with Crippen molar-refractivity contribution in [3.63, 3.8) is 0 Å². The maximum Gasteiger partial charge on any atom is 0.165 e. The summed E-state index contributed by atoms with van der Waals surface area (Å²) >= 11 is 0. The van der Waals surface area contributed by atoms with Crippen molar-refractivity contribution in [2.24, 2.45) is 0 Å². The third-order valence-electron chi connectivity index (χ3n) is 9.08. The zero-order chi connectivity index (χ0) is 28.1. The average molecular weight is 546 g/mol. The summed E-state index contributed by atoms with van der Waals surface area (Å²) in [5, 5.41) is 10.4. The van der Waals surface area contributed by atoms with Gasteiger partial charge in [0.1, 0.15) is 5.69 Å². The summed E-state index contributed by atoms with van der Waals surface area (Å²) in [4.78, 5) is 10.7. The van der Waals surface area contributed by atoms with E-state index in [4.69, 9.17) is 9.97 Å². The van der Waals surface area contributed by atoms with Crippen LogP contribution in [0.25, 0.3) is 93.4 Å². The van der Waals surface area contributed by atoms with Gasteiger partial charge in [0.05, 0.1) is 22.1 Å². The number of rotatable bonds is 3. The summed E-state index contributed by atoms with van der Waals surface area (Å²) in [6, 6.07) is 49.8. The molecule has 0 unspecified atom stereocenters. The molecule has 2 heterocycles. The van der Waals surface area contributed by atoms with Gasteiger partial charge < -0.3 is 0 Å². The van der Waals surface area contributed by atoms with Gasteiger partial charge in [-0.05, 0) is 68.4 Å². The topological polar surface area (TPSA) is 30.7 Å². The molecule has 0 N–H and O–H groups in total. The molecular formula is C40H23N3. The van der Waals surface area contributed by atoms with Crippen LogP contribution in [0.3, 0.4) is 0 Å². The second-order valence-corrected chi connectivity index (χ2v) is 11.4. The lowest BCUT2D eigenvalue weighted by molar-refractivity contribution is 1.08. The Morgan fingerprint density at radius 3 is 1.88 bits per heavy atom. The van der Waals surface area contributed by atoms with Crippen molar-refractivity contribution in [3.8, 4) is 28.2 Å². The summed E-state index contributed by atoms with van der Waals surface area (Å²) in [7, 11) is 0. The van der Waals surface area contributed by atoms with E-state index in [1.54, 1.807) is 0 Å². The Hall–Kier alpha value is -5.80. The number of fused-ring (bicyclic) bond motifs is 2. The standard InChI is InChI=1S/C40H23N3/c1-2-9-24(10-3-1)27-12-6-13-28(23-27)39-40(42-32-17-5-4-16-31(32)41-39)43-33-18-8-15-30-29-14-7-11-25-19-20-26-21-22-34(43)38(37(30)33)36(26)35(25)29/h1-23H. The van der Waals surface area contributed by atoms with Gasteiger partial charge in [0.25, 0.3) is 0 Å². The molecule has 0 spiro atoms. The Morgan fingerprint density at radius 1 is 0.395 bits per heavy atom. The van der Waals surface area contributed by atoms with Crippen molar-refractivity contribution in [2.75, 3.05) is 0 Å². The summed E-state index contributed by atoms with van der Waals surface area (Å²) in [6.07, 6.45) is 0. The number of para-hydroxylation sites is 2. The fourth-order valence-corrected chi connectivity index (χ4v) is 7.24. The van der Waals surface area contributed by atoms with Gasteiger partial charge in [0.2, 0.25) is 0 Å². The minimum Gasteiger partial charge on any atom is -0.292 e. The third-order valence-corrected chi connectivity index (χ3v) is 9.08. The monoisotopic (exact) mass is 545 g/mol. The van der Waals surface area contributed by atoms with E-state index in [-0.39, 0.29) is 0 Å². The highest BCUT2D eigenvalue weighted by Crippen LogP contribution is 2.47. The van der Waals surface area contributed by atoms with E-state index in [2.05, 4.69) is 132 Å². The van der Waals surface area contributed by atoms with Crippen LogP contribution in [-0.4, -0.2) is 14.5 Å². The van der Waals surface area contributed by atoms with Crippen LogP contribution in [0.5, 0.6) is 0 Å². The van der Waals surface area contributed by atoms with Crippen LogP contribution >= 0.6 is 0 Å². The predicted molar refractivity (Wildman–Crippen MR) is 180 cm³/mol. The molecule has 3 nitrogen and oxygen atoms in total. The fourth-order valence-electron chi connectivity index (χ4n) is 7.24. The first kappa shape index (κ1) is 22.8. The molecule has 0 saturated heterocycles. The number of hydrogen-bond donors (Lipinski definition) is 0. The quantitative estimate of drug-likeness (QED) is 0.163. The van der Waals surface area contributed by atoms with Crippen LogP contribution in [0, 0.1) is 0 Å². The third kappa shape index (κ3) is 3.08. The molecule has 0 aliphatic carbocycles. The van der Waals surface area contributed by atoms with E-state index in [1.807, 2.05) is 12.1 Å². The summed E-state index contributed by atoms with van der Waals surface area (Å²) in [6.45, 7) is 0. The van der Waals surface area contributed by atoms with E-state index >= 15 is 0 Å². The highest BCUT2D eigenvalue weighted by Gasteiger charge is 2.24. The number of aromatic nitrogens is 3. The van der Waals surface area contributed by atoms with Gasteiger partial charge in [-0.15, -0.1) is 0 Å². The molecule has 2 aromatic heterocycles. The molecule has 43 heavy (non-hydrogen) atoms. The lowest BCUT2D eigenvalue weighted by Crippen LogP contribution is -2.03. The van der Waals surface area contributed by atoms with Gasteiger partial charge in [-0.3, -0.25) is 4.57 Å². The normalized spacial score (nSPS) is 12.2. The zero-order valence-corrected chi connectivity index (χ0v) is 23.1. The van der Waals surface area contributed by atoms with Crippen molar-refractivity contribution in [1.29, 1.82) is 0 Å². The first-order valence-corrected chi connectivity index (χ1v) is 14.7. The van der Waals surface area contributed by atoms with Crippen molar-refractivity contribution in [3.05, 3.63) is 140 Å². The predicted octanol–water partition coefficient (Wildman–Crippen LogP) is 10.4. The molecule has 198 valence electrons. The van der Waals surface area contributed by atoms with Gasteiger partial charge in [-0.2, -0.15) is 0 Å². The molecule has 0 fully saturated rings. The number of hydrogen-bond acceptors (Lipinski definition) is 2. The maximum absolute atomic E-state index is 5.37. The van der Waals surface area contributed by atoms with E-state index in [0.717, 1.165) is 44.7 Å². The molecule has 0 aliphatic heterocycles.